The second-order valence-electron chi connectivity index (χ2n) is 8.22. The molecule has 0 spiro atoms. The molecular weight excluding hydrogens is 436 g/mol. The van der Waals surface area contributed by atoms with E-state index in [1.807, 2.05) is 0 Å². The third kappa shape index (κ3) is 3.91. The number of carboxylic acids is 1. The summed E-state index contributed by atoms with van der Waals surface area (Å²) in [7, 11) is 0. The monoisotopic (exact) mass is 460 g/mol. The minimum absolute atomic E-state index is 0.0848. The van der Waals surface area contributed by atoms with E-state index < -0.39 is 18.1 Å². The Kier molecular flexibility index (Phi) is 5.70. The molecule has 170 valence electrons. The number of rotatable bonds is 6. The number of carbonyl (C=O) groups is 3. The Balaban J connectivity index is 1.31. The highest BCUT2D eigenvalue weighted by atomic mass is 32.1. The Hall–Kier alpha value is -2.76. The first kappa shape index (κ1) is 21.1. The maximum atomic E-state index is 12.8. The quantitative estimate of drug-likeness (QED) is 0.628. The van der Waals surface area contributed by atoms with Gasteiger partial charge in [-0.15, -0.1) is 11.3 Å². The summed E-state index contributed by atoms with van der Waals surface area (Å²) in [6, 6.07) is -0.592. The predicted octanol–water partition coefficient (Wildman–Crippen LogP) is 2.02. The van der Waals surface area contributed by atoms with Crippen molar-refractivity contribution in [2.45, 2.75) is 57.1 Å². The zero-order chi connectivity index (χ0) is 22.2. The van der Waals surface area contributed by atoms with Crippen molar-refractivity contribution in [3.8, 4) is 0 Å². The van der Waals surface area contributed by atoms with Gasteiger partial charge in [-0.3, -0.25) is 14.5 Å². The number of carbonyl (C=O) groups excluding carboxylic acids is 2. The van der Waals surface area contributed by atoms with Crippen LogP contribution in [0.25, 0.3) is 0 Å². The van der Waals surface area contributed by atoms with Crippen molar-refractivity contribution < 1.29 is 29.0 Å². The number of nitrogens with one attached hydrogen (secondary N) is 1. The minimum atomic E-state index is -1.00. The molecule has 32 heavy (non-hydrogen) atoms. The molecule has 3 unspecified atom stereocenters. The molecule has 0 aromatic carbocycles. The number of anilines is 1. The van der Waals surface area contributed by atoms with E-state index >= 15 is 0 Å². The number of imidazole rings is 1. The second-order valence-corrected chi connectivity index (χ2v) is 9.33. The molecule has 0 aliphatic carbocycles. The van der Waals surface area contributed by atoms with Crippen molar-refractivity contribution in [2.24, 2.45) is 0 Å². The summed E-state index contributed by atoms with van der Waals surface area (Å²) < 4.78 is 13.3. The Morgan fingerprint density at radius 3 is 2.88 bits per heavy atom. The average molecular weight is 461 g/mol. The molecule has 5 heterocycles. The van der Waals surface area contributed by atoms with Crippen LogP contribution in [0.5, 0.6) is 0 Å². The summed E-state index contributed by atoms with van der Waals surface area (Å²) in [5.74, 6) is -1.55. The first-order valence-electron chi connectivity index (χ1n) is 10.7. The topological polar surface area (TPSA) is 123 Å². The highest BCUT2D eigenvalue weighted by Crippen LogP contribution is 2.39. The Bertz CT molecular complexity index is 1030. The van der Waals surface area contributed by atoms with Crippen molar-refractivity contribution in [1.29, 1.82) is 0 Å². The van der Waals surface area contributed by atoms with Gasteiger partial charge in [-0.25, -0.2) is 9.78 Å². The van der Waals surface area contributed by atoms with Gasteiger partial charge in [-0.1, -0.05) is 0 Å². The van der Waals surface area contributed by atoms with Crippen LogP contribution in [0, 0.1) is 0 Å². The Labute approximate surface area is 188 Å². The number of amides is 2. The highest BCUT2D eigenvalue weighted by molar-refractivity contribution is 7.16. The number of aromatic nitrogens is 2. The Morgan fingerprint density at radius 1 is 1.28 bits per heavy atom. The number of nitrogens with zero attached hydrogens (tertiary/aromatic N) is 3. The molecule has 3 aliphatic heterocycles. The van der Waals surface area contributed by atoms with Gasteiger partial charge in [0, 0.05) is 30.3 Å². The van der Waals surface area contributed by atoms with Crippen molar-refractivity contribution >= 4 is 34.1 Å². The summed E-state index contributed by atoms with van der Waals surface area (Å²) >= 11 is 1.37. The van der Waals surface area contributed by atoms with Gasteiger partial charge in [0.2, 0.25) is 5.91 Å². The maximum absolute atomic E-state index is 12.8. The van der Waals surface area contributed by atoms with Crippen LogP contribution in [0.4, 0.5) is 5.00 Å². The smallest absolute Gasteiger partial charge is 0.338 e. The van der Waals surface area contributed by atoms with Crippen LogP contribution < -0.4 is 5.32 Å². The van der Waals surface area contributed by atoms with Gasteiger partial charge >= 0.3 is 5.97 Å². The number of hydrogen-bond acceptors (Lipinski definition) is 8. The molecule has 2 aromatic heterocycles. The fraction of sp³-hybridized carbons (Fsp3) is 0.524. The maximum Gasteiger partial charge on any atom is 0.338 e. The minimum Gasteiger partial charge on any atom is -0.478 e. The van der Waals surface area contributed by atoms with Gasteiger partial charge in [0.1, 0.15) is 17.3 Å². The molecule has 0 bridgehead atoms. The summed E-state index contributed by atoms with van der Waals surface area (Å²) in [6.07, 6.45) is 7.40. The number of likely N-dealkylation sites (tertiary alicyclic amines) is 1. The molecule has 2 aromatic rings. The molecule has 2 fully saturated rings. The lowest BCUT2D eigenvalue weighted by Crippen LogP contribution is -2.40. The van der Waals surface area contributed by atoms with Crippen LogP contribution in [0.15, 0.2) is 18.7 Å². The molecule has 3 aliphatic rings. The van der Waals surface area contributed by atoms with Crippen molar-refractivity contribution in [3.05, 3.63) is 34.7 Å². The van der Waals surface area contributed by atoms with E-state index in [4.69, 9.17) is 9.47 Å². The fourth-order valence-electron chi connectivity index (χ4n) is 4.52. The van der Waals surface area contributed by atoms with Gasteiger partial charge in [-0.2, -0.15) is 0 Å². The van der Waals surface area contributed by atoms with E-state index in [-0.39, 0.29) is 43.2 Å². The first-order chi connectivity index (χ1) is 15.5. The number of imide groups is 1. The van der Waals surface area contributed by atoms with E-state index in [1.165, 1.54) is 22.6 Å². The number of ether oxygens (including phenoxy) is 2. The van der Waals surface area contributed by atoms with Crippen LogP contribution in [0.3, 0.4) is 0 Å². The zero-order valence-corrected chi connectivity index (χ0v) is 18.2. The highest BCUT2D eigenvalue weighted by Gasteiger charge is 2.41. The molecule has 2 amide bonds. The summed E-state index contributed by atoms with van der Waals surface area (Å²) in [4.78, 5) is 43.4. The standard InChI is InChI=1S/C21H24N4O6S/c26-17-8-14(24-5-4-22-11-24)20(27)25(17)9-12-7-13-15(10-31-12)32-19(18(13)21(28)29)23-16-3-1-2-6-30-16/h4-5,11-12,14,16,23H,1-3,6-10H2,(H,28,29). The zero-order valence-electron chi connectivity index (χ0n) is 17.4. The van der Waals surface area contributed by atoms with E-state index in [0.717, 1.165) is 24.1 Å². The molecular formula is C21H24N4O6S. The molecule has 11 heteroatoms. The summed E-state index contributed by atoms with van der Waals surface area (Å²) in [6.45, 7) is 1.01. The number of hydrogen-bond donors (Lipinski definition) is 2. The second kappa shape index (κ2) is 8.64. The van der Waals surface area contributed by atoms with Crippen molar-refractivity contribution in [1.82, 2.24) is 14.5 Å². The summed E-state index contributed by atoms with van der Waals surface area (Å²) in [5.41, 5.74) is 0.949. The Morgan fingerprint density at radius 2 is 2.16 bits per heavy atom. The SMILES string of the molecule is O=C(O)c1c(NC2CCCCO2)sc2c1CC(CN1C(=O)CC(n3ccnc3)C1=O)OC2. The molecule has 2 N–H and O–H groups in total. The largest absolute Gasteiger partial charge is 0.478 e. The van der Waals surface area contributed by atoms with Crippen LogP contribution in [0.2, 0.25) is 0 Å². The molecule has 5 rings (SSSR count). The van der Waals surface area contributed by atoms with E-state index in [2.05, 4.69) is 10.3 Å². The number of aromatic carboxylic acids is 1. The number of thiophene rings is 1. The normalized spacial score (nSPS) is 25.8. The van der Waals surface area contributed by atoms with Crippen LogP contribution in [0.1, 0.15) is 52.5 Å². The fourth-order valence-corrected chi connectivity index (χ4v) is 5.70. The summed E-state index contributed by atoms with van der Waals surface area (Å²) in [5, 5.41) is 13.7. The van der Waals surface area contributed by atoms with E-state index in [9.17, 15) is 19.5 Å². The van der Waals surface area contributed by atoms with E-state index in [0.29, 0.717) is 23.6 Å². The van der Waals surface area contributed by atoms with Gasteiger partial charge < -0.3 is 24.5 Å². The van der Waals surface area contributed by atoms with Gasteiger partial charge in [0.25, 0.3) is 5.91 Å². The average Bonchev–Trinajstić information content (AvgIpc) is 3.49. The van der Waals surface area contributed by atoms with Gasteiger partial charge in [0.15, 0.2) is 0 Å². The van der Waals surface area contributed by atoms with Crippen LogP contribution in [-0.2, 0) is 32.1 Å². The van der Waals surface area contributed by atoms with Crippen LogP contribution >= 0.6 is 11.3 Å². The molecule has 10 nitrogen and oxygen atoms in total. The predicted molar refractivity (Wildman–Crippen MR) is 113 cm³/mol. The van der Waals surface area contributed by atoms with Gasteiger partial charge in [0.05, 0.1) is 37.6 Å². The molecule has 0 saturated carbocycles. The molecule has 2 saturated heterocycles. The molecule has 0 radical (unpaired) electrons. The van der Waals surface area contributed by atoms with Crippen LogP contribution in [-0.4, -0.2) is 62.8 Å². The lowest BCUT2D eigenvalue weighted by Gasteiger charge is -2.27. The number of fused-ring (bicyclic) bond motifs is 1. The third-order valence-corrected chi connectivity index (χ3v) is 7.29. The lowest BCUT2D eigenvalue weighted by atomic mass is 10.0. The van der Waals surface area contributed by atoms with Crippen molar-refractivity contribution in [3.63, 3.8) is 0 Å². The lowest BCUT2D eigenvalue weighted by molar-refractivity contribution is -0.141. The first-order valence-corrected chi connectivity index (χ1v) is 11.5. The van der Waals surface area contributed by atoms with Crippen molar-refractivity contribution in [2.75, 3.05) is 18.5 Å². The van der Waals surface area contributed by atoms with E-state index in [1.54, 1.807) is 17.0 Å². The molecule has 3 atom stereocenters. The van der Waals surface area contributed by atoms with Gasteiger partial charge in [-0.05, 0) is 24.8 Å². The third-order valence-electron chi connectivity index (χ3n) is 6.15. The number of carboxylic acid groups (broad SMARTS) is 1.